The molecule has 0 saturated carbocycles. The molecule has 138 valence electrons. The second-order valence-electron chi connectivity index (χ2n) is 7.80. The summed E-state index contributed by atoms with van der Waals surface area (Å²) in [6.07, 6.45) is 3.40. The van der Waals surface area contributed by atoms with Crippen LogP contribution in [0.15, 0.2) is 60.3 Å². The van der Waals surface area contributed by atoms with Gasteiger partial charge in [-0.1, -0.05) is 57.2 Å². The van der Waals surface area contributed by atoms with E-state index in [4.69, 9.17) is 0 Å². The van der Waals surface area contributed by atoms with E-state index in [-0.39, 0.29) is 16.9 Å². The quantitative estimate of drug-likeness (QED) is 0.634. The molecule has 1 aliphatic rings. The van der Waals surface area contributed by atoms with E-state index in [1.165, 1.54) is 6.20 Å². The van der Waals surface area contributed by atoms with Crippen LogP contribution in [0, 0.1) is 11.3 Å². The summed E-state index contributed by atoms with van der Waals surface area (Å²) < 4.78 is 0. The molecule has 2 aromatic carbocycles. The molecule has 0 bridgehead atoms. The van der Waals surface area contributed by atoms with Crippen LogP contribution in [-0.2, 0) is 16.6 Å². The van der Waals surface area contributed by atoms with Gasteiger partial charge < -0.3 is 10.2 Å². The van der Waals surface area contributed by atoms with E-state index < -0.39 is 0 Å². The molecule has 1 aliphatic heterocycles. The lowest BCUT2D eigenvalue weighted by Gasteiger charge is -2.29. The summed E-state index contributed by atoms with van der Waals surface area (Å²) in [4.78, 5) is 14.7. The molecule has 4 nitrogen and oxygen atoms in total. The van der Waals surface area contributed by atoms with Crippen molar-refractivity contribution >= 4 is 17.3 Å². The molecule has 1 amide bonds. The number of nitriles is 1. The fourth-order valence-electron chi connectivity index (χ4n) is 3.44. The van der Waals surface area contributed by atoms with Crippen LogP contribution in [0.25, 0.3) is 0 Å². The van der Waals surface area contributed by atoms with Gasteiger partial charge in [-0.05, 0) is 41.5 Å². The van der Waals surface area contributed by atoms with Crippen LogP contribution in [-0.4, -0.2) is 12.5 Å². The number of rotatable bonds is 3. The highest BCUT2D eigenvalue weighted by molar-refractivity contribution is 6.09. The van der Waals surface area contributed by atoms with Gasteiger partial charge in [-0.15, -0.1) is 0 Å². The molecule has 0 spiro atoms. The summed E-state index contributed by atoms with van der Waals surface area (Å²) in [5.74, 6) is -0.259. The molecule has 2 aromatic rings. The summed E-state index contributed by atoms with van der Waals surface area (Å²) >= 11 is 0. The Labute approximate surface area is 161 Å². The molecule has 1 heterocycles. The largest absolute Gasteiger partial charge is 0.360 e. The number of carbonyl (C=O) groups is 1. The van der Waals surface area contributed by atoms with Gasteiger partial charge in [0.1, 0.15) is 11.6 Å². The normalized spacial score (nSPS) is 14.3. The Morgan fingerprint density at radius 3 is 2.59 bits per heavy atom. The molecule has 0 aliphatic carbocycles. The second-order valence-corrected chi connectivity index (χ2v) is 7.80. The van der Waals surface area contributed by atoms with Crippen molar-refractivity contribution in [1.82, 2.24) is 0 Å². The first-order chi connectivity index (χ1) is 12.9. The minimum absolute atomic E-state index is 0.0416. The molecular formula is C23H25N3O. The summed E-state index contributed by atoms with van der Waals surface area (Å²) in [7, 11) is 0. The maximum absolute atomic E-state index is 13.0. The summed E-state index contributed by atoms with van der Waals surface area (Å²) in [6, 6.07) is 17.9. The zero-order valence-corrected chi connectivity index (χ0v) is 16.1. The minimum atomic E-state index is -0.259. The predicted molar refractivity (Wildman–Crippen MR) is 110 cm³/mol. The van der Waals surface area contributed by atoms with Crippen LogP contribution < -0.4 is 10.2 Å². The summed E-state index contributed by atoms with van der Waals surface area (Å²) in [6.45, 7) is 7.04. The van der Waals surface area contributed by atoms with Gasteiger partial charge in [-0.3, -0.25) is 4.79 Å². The molecule has 0 radical (unpaired) electrons. The number of carbonyl (C=O) groups excluding carboxylic acids is 1. The number of nitrogens with one attached hydrogen (secondary N) is 1. The van der Waals surface area contributed by atoms with Crippen LogP contribution in [0.5, 0.6) is 0 Å². The standard InChI is InChI=1S/C23H25N3O/c1-23(2,3)19-11-5-6-12-20(19)25-16-18(15-24)22(27)26-14-8-10-17-9-4-7-13-21(17)26/h4-7,9,11-13,16,25H,8,10,14H2,1-3H3/b18-16-. The molecule has 3 rings (SSSR count). The van der Waals surface area contributed by atoms with Crippen molar-refractivity contribution in [3.8, 4) is 6.07 Å². The third-order valence-electron chi connectivity index (χ3n) is 4.81. The Bertz CT molecular complexity index is 916. The maximum atomic E-state index is 13.0. The third kappa shape index (κ3) is 4.03. The van der Waals surface area contributed by atoms with Crippen LogP contribution in [0.1, 0.15) is 38.3 Å². The van der Waals surface area contributed by atoms with Crippen molar-refractivity contribution in [2.75, 3.05) is 16.8 Å². The van der Waals surface area contributed by atoms with Gasteiger partial charge in [0, 0.05) is 24.1 Å². The van der Waals surface area contributed by atoms with Crippen molar-refractivity contribution in [2.24, 2.45) is 0 Å². The average molecular weight is 359 g/mol. The number of fused-ring (bicyclic) bond motifs is 1. The van der Waals surface area contributed by atoms with Gasteiger partial charge in [0.15, 0.2) is 0 Å². The highest BCUT2D eigenvalue weighted by Crippen LogP contribution is 2.30. The molecule has 0 atom stereocenters. The Morgan fingerprint density at radius 1 is 1.15 bits per heavy atom. The first kappa shape index (κ1) is 18.7. The Morgan fingerprint density at radius 2 is 1.85 bits per heavy atom. The fourth-order valence-corrected chi connectivity index (χ4v) is 3.44. The van der Waals surface area contributed by atoms with E-state index in [1.807, 2.05) is 42.5 Å². The first-order valence-corrected chi connectivity index (χ1v) is 9.28. The number of amides is 1. The smallest absolute Gasteiger partial charge is 0.270 e. The zero-order chi connectivity index (χ0) is 19.4. The van der Waals surface area contributed by atoms with E-state index in [9.17, 15) is 10.1 Å². The monoisotopic (exact) mass is 359 g/mol. The topological polar surface area (TPSA) is 56.1 Å². The number of anilines is 2. The van der Waals surface area contributed by atoms with Crippen LogP contribution in [0.3, 0.4) is 0 Å². The van der Waals surface area contributed by atoms with Crippen molar-refractivity contribution in [3.05, 3.63) is 71.4 Å². The summed E-state index contributed by atoms with van der Waals surface area (Å²) in [5.41, 5.74) is 4.17. The lowest BCUT2D eigenvalue weighted by molar-refractivity contribution is -0.114. The molecule has 0 fully saturated rings. The highest BCUT2D eigenvalue weighted by Gasteiger charge is 2.25. The zero-order valence-electron chi connectivity index (χ0n) is 16.1. The van der Waals surface area contributed by atoms with E-state index in [1.54, 1.807) is 4.90 Å². The SMILES string of the molecule is CC(C)(C)c1ccccc1N/C=C(/C#N)C(=O)N1CCCc2ccccc21. The Kier molecular flexibility index (Phi) is 5.32. The number of hydrogen-bond acceptors (Lipinski definition) is 3. The number of hydrogen-bond donors (Lipinski definition) is 1. The number of para-hydroxylation sites is 2. The molecule has 27 heavy (non-hydrogen) atoms. The van der Waals surface area contributed by atoms with E-state index in [0.29, 0.717) is 6.54 Å². The van der Waals surface area contributed by atoms with Crippen LogP contribution in [0.4, 0.5) is 11.4 Å². The van der Waals surface area contributed by atoms with E-state index in [2.05, 4.69) is 38.2 Å². The van der Waals surface area contributed by atoms with Gasteiger partial charge in [0.2, 0.25) is 0 Å². The minimum Gasteiger partial charge on any atom is -0.360 e. The van der Waals surface area contributed by atoms with Crippen LogP contribution >= 0.6 is 0 Å². The van der Waals surface area contributed by atoms with Gasteiger partial charge in [0.25, 0.3) is 5.91 Å². The third-order valence-corrected chi connectivity index (χ3v) is 4.81. The van der Waals surface area contributed by atoms with Crippen molar-refractivity contribution in [1.29, 1.82) is 5.26 Å². The fraction of sp³-hybridized carbons (Fsp3) is 0.304. The van der Waals surface area contributed by atoms with Gasteiger partial charge in [-0.25, -0.2) is 0 Å². The predicted octanol–water partition coefficient (Wildman–Crippen LogP) is 4.78. The molecule has 0 saturated heterocycles. The lowest BCUT2D eigenvalue weighted by Crippen LogP contribution is -2.36. The molecular weight excluding hydrogens is 334 g/mol. The molecule has 0 aromatic heterocycles. The summed E-state index contributed by atoms with van der Waals surface area (Å²) in [5, 5.41) is 12.8. The van der Waals surface area contributed by atoms with Crippen molar-refractivity contribution in [3.63, 3.8) is 0 Å². The second kappa shape index (κ2) is 7.67. The highest BCUT2D eigenvalue weighted by atomic mass is 16.2. The Hall–Kier alpha value is -3.06. The lowest BCUT2D eigenvalue weighted by atomic mass is 9.86. The first-order valence-electron chi connectivity index (χ1n) is 9.28. The van der Waals surface area contributed by atoms with E-state index >= 15 is 0 Å². The van der Waals surface area contributed by atoms with Crippen LogP contribution in [0.2, 0.25) is 0 Å². The molecule has 1 N–H and O–H groups in total. The Balaban J connectivity index is 1.87. The maximum Gasteiger partial charge on any atom is 0.270 e. The molecule has 0 unspecified atom stereocenters. The van der Waals surface area contributed by atoms with Gasteiger partial charge in [-0.2, -0.15) is 5.26 Å². The number of aryl methyl sites for hydroxylation is 1. The van der Waals surface area contributed by atoms with Gasteiger partial charge >= 0.3 is 0 Å². The number of benzene rings is 2. The average Bonchev–Trinajstić information content (AvgIpc) is 2.67. The van der Waals surface area contributed by atoms with Gasteiger partial charge in [0.05, 0.1) is 0 Å². The number of nitrogens with zero attached hydrogens (tertiary/aromatic N) is 2. The van der Waals surface area contributed by atoms with Crippen molar-refractivity contribution < 1.29 is 4.79 Å². The van der Waals surface area contributed by atoms with E-state index in [0.717, 1.165) is 35.3 Å². The van der Waals surface area contributed by atoms with Crippen molar-refractivity contribution in [2.45, 2.75) is 39.0 Å². The molecule has 4 heteroatoms.